The predicted octanol–water partition coefficient (Wildman–Crippen LogP) is 1.10. The lowest BCUT2D eigenvalue weighted by Gasteiger charge is -1.94. The van der Waals surface area contributed by atoms with Crippen LogP contribution in [0.3, 0.4) is 0 Å². The van der Waals surface area contributed by atoms with Gasteiger partial charge in [-0.15, -0.1) is 0 Å². The van der Waals surface area contributed by atoms with Gasteiger partial charge in [0.1, 0.15) is 6.54 Å². The number of carboxylic acid groups (broad SMARTS) is 1. The highest BCUT2D eigenvalue weighted by atomic mass is 16.4. The van der Waals surface area contributed by atoms with Crippen LogP contribution < -0.4 is 5.32 Å². The van der Waals surface area contributed by atoms with Gasteiger partial charge in [-0.1, -0.05) is 31.6 Å². The maximum atomic E-state index is 10.9. The van der Waals surface area contributed by atoms with E-state index >= 15 is 0 Å². The first-order valence-corrected chi connectivity index (χ1v) is 4.49. The van der Waals surface area contributed by atoms with Crippen molar-refractivity contribution in [2.24, 2.45) is 0 Å². The molecule has 4 heteroatoms. The summed E-state index contributed by atoms with van der Waals surface area (Å²) in [7, 11) is 0. The summed E-state index contributed by atoms with van der Waals surface area (Å²) in [5.74, 6) is -1.44. The van der Waals surface area contributed by atoms with Crippen molar-refractivity contribution < 1.29 is 14.7 Å². The first-order valence-electron chi connectivity index (χ1n) is 4.49. The van der Waals surface area contributed by atoms with Gasteiger partial charge in [-0.05, 0) is 6.42 Å². The number of nitrogens with one attached hydrogen (secondary N) is 1. The molecule has 0 bridgehead atoms. The zero-order valence-corrected chi connectivity index (χ0v) is 8.19. The second kappa shape index (κ2) is 8.04. The molecule has 0 atom stereocenters. The van der Waals surface area contributed by atoms with Crippen LogP contribution in [-0.4, -0.2) is 23.5 Å². The molecule has 0 heterocycles. The molecule has 0 aromatic carbocycles. The molecule has 0 saturated carbocycles. The van der Waals surface area contributed by atoms with Crippen molar-refractivity contribution in [3.8, 4) is 0 Å². The zero-order chi connectivity index (χ0) is 10.8. The average molecular weight is 197 g/mol. The Kier molecular flexibility index (Phi) is 7.13. The highest BCUT2D eigenvalue weighted by molar-refractivity contribution is 5.90. The molecule has 0 aromatic heterocycles. The van der Waals surface area contributed by atoms with E-state index in [2.05, 4.69) is 12.2 Å². The summed E-state index contributed by atoms with van der Waals surface area (Å²) in [5, 5.41) is 10.5. The third-order valence-electron chi connectivity index (χ3n) is 1.36. The number of carbonyl (C=O) groups excluding carboxylic acids is 1. The Morgan fingerprint density at radius 2 is 2.07 bits per heavy atom. The second-order valence-corrected chi connectivity index (χ2v) is 2.69. The highest BCUT2D eigenvalue weighted by Gasteiger charge is 1.97. The molecule has 0 aliphatic rings. The van der Waals surface area contributed by atoms with E-state index in [0.29, 0.717) is 0 Å². The van der Waals surface area contributed by atoms with Crippen molar-refractivity contribution in [3.63, 3.8) is 0 Å². The molecular formula is C10H15NO3. The maximum Gasteiger partial charge on any atom is 0.322 e. The molecule has 2 N–H and O–H groups in total. The van der Waals surface area contributed by atoms with E-state index in [-0.39, 0.29) is 6.54 Å². The van der Waals surface area contributed by atoms with Gasteiger partial charge in [0.05, 0.1) is 0 Å². The van der Waals surface area contributed by atoms with Crippen LogP contribution in [0.5, 0.6) is 0 Å². The Balaban J connectivity index is 3.65. The van der Waals surface area contributed by atoms with Gasteiger partial charge in [-0.25, -0.2) is 0 Å². The molecule has 78 valence electrons. The van der Waals surface area contributed by atoms with Crippen molar-refractivity contribution in [2.75, 3.05) is 6.54 Å². The lowest BCUT2D eigenvalue weighted by molar-refractivity contribution is -0.137. The fourth-order valence-corrected chi connectivity index (χ4v) is 0.706. The summed E-state index contributed by atoms with van der Waals surface area (Å²) in [4.78, 5) is 21.0. The van der Waals surface area contributed by atoms with E-state index in [1.165, 1.54) is 6.08 Å². The third kappa shape index (κ3) is 8.52. The van der Waals surface area contributed by atoms with Crippen molar-refractivity contribution in [1.29, 1.82) is 0 Å². The van der Waals surface area contributed by atoms with Gasteiger partial charge in [0.15, 0.2) is 0 Å². The number of aliphatic carboxylic acids is 1. The standard InChI is InChI=1S/C10H15NO3/c1-2-3-4-5-6-7-9(12)11-8-10(13)14/h4-7H,2-3,8H2,1H3,(H,11,12)(H,13,14). The number of amides is 1. The Morgan fingerprint density at radius 1 is 1.36 bits per heavy atom. The molecule has 0 fully saturated rings. The number of hydrogen-bond acceptors (Lipinski definition) is 2. The van der Waals surface area contributed by atoms with Crippen molar-refractivity contribution in [3.05, 3.63) is 24.3 Å². The predicted molar refractivity (Wildman–Crippen MR) is 53.8 cm³/mol. The Labute approximate surface area is 83.3 Å². The van der Waals surface area contributed by atoms with Crippen molar-refractivity contribution >= 4 is 11.9 Å². The summed E-state index contributed by atoms with van der Waals surface area (Å²) in [5.41, 5.74) is 0. The average Bonchev–Trinajstić information content (AvgIpc) is 2.14. The molecule has 14 heavy (non-hydrogen) atoms. The number of rotatable bonds is 6. The molecule has 0 saturated heterocycles. The molecule has 0 aromatic rings. The van der Waals surface area contributed by atoms with Crippen LogP contribution in [0.1, 0.15) is 19.8 Å². The van der Waals surface area contributed by atoms with Gasteiger partial charge in [0.25, 0.3) is 0 Å². The molecule has 0 unspecified atom stereocenters. The number of allylic oxidation sites excluding steroid dienone is 3. The summed E-state index contributed by atoms with van der Waals surface area (Å²) in [6.07, 6.45) is 8.64. The minimum Gasteiger partial charge on any atom is -0.480 e. The molecule has 0 aliphatic heterocycles. The van der Waals surface area contributed by atoms with E-state index in [1.807, 2.05) is 6.08 Å². The normalized spacial score (nSPS) is 10.9. The molecule has 0 rings (SSSR count). The van der Waals surface area contributed by atoms with Gasteiger partial charge in [-0.3, -0.25) is 9.59 Å². The topological polar surface area (TPSA) is 66.4 Å². The summed E-state index contributed by atoms with van der Waals surface area (Å²) in [6.45, 7) is 1.72. The summed E-state index contributed by atoms with van der Waals surface area (Å²) in [6, 6.07) is 0. The van der Waals surface area contributed by atoms with Crippen LogP contribution in [0.4, 0.5) is 0 Å². The molecule has 4 nitrogen and oxygen atoms in total. The Morgan fingerprint density at radius 3 is 2.64 bits per heavy atom. The number of carboxylic acids is 1. The van der Waals surface area contributed by atoms with Gasteiger partial charge < -0.3 is 10.4 Å². The minimum atomic E-state index is -1.05. The monoisotopic (exact) mass is 197 g/mol. The minimum absolute atomic E-state index is 0.345. The van der Waals surface area contributed by atoms with Crippen LogP contribution in [0.2, 0.25) is 0 Å². The lowest BCUT2D eigenvalue weighted by atomic mass is 10.3. The second-order valence-electron chi connectivity index (χ2n) is 2.69. The molecular weight excluding hydrogens is 182 g/mol. The Hall–Kier alpha value is -1.58. The smallest absolute Gasteiger partial charge is 0.322 e. The zero-order valence-electron chi connectivity index (χ0n) is 8.19. The first kappa shape index (κ1) is 12.4. The highest BCUT2D eigenvalue weighted by Crippen LogP contribution is 1.88. The van der Waals surface area contributed by atoms with E-state index in [0.717, 1.165) is 12.8 Å². The van der Waals surface area contributed by atoms with Crippen LogP contribution in [0, 0.1) is 0 Å². The van der Waals surface area contributed by atoms with E-state index < -0.39 is 11.9 Å². The van der Waals surface area contributed by atoms with Crippen LogP contribution in [0.25, 0.3) is 0 Å². The van der Waals surface area contributed by atoms with Crippen LogP contribution in [0.15, 0.2) is 24.3 Å². The summed E-state index contributed by atoms with van der Waals surface area (Å²) >= 11 is 0. The van der Waals surface area contributed by atoms with E-state index in [1.54, 1.807) is 12.2 Å². The fourth-order valence-electron chi connectivity index (χ4n) is 0.706. The van der Waals surface area contributed by atoms with Crippen LogP contribution in [-0.2, 0) is 9.59 Å². The SMILES string of the molecule is CCCC=CC=CC(=O)NCC(=O)O. The quantitative estimate of drug-likeness (QED) is 0.495. The van der Waals surface area contributed by atoms with Crippen LogP contribution >= 0.6 is 0 Å². The van der Waals surface area contributed by atoms with Gasteiger partial charge in [0, 0.05) is 6.08 Å². The fraction of sp³-hybridized carbons (Fsp3) is 0.400. The largest absolute Gasteiger partial charge is 0.480 e. The molecule has 0 spiro atoms. The maximum absolute atomic E-state index is 10.9. The Bertz CT molecular complexity index is 244. The third-order valence-corrected chi connectivity index (χ3v) is 1.36. The number of carbonyl (C=O) groups is 2. The van der Waals surface area contributed by atoms with Gasteiger partial charge in [0.2, 0.25) is 5.91 Å². The number of hydrogen-bond donors (Lipinski definition) is 2. The lowest BCUT2D eigenvalue weighted by Crippen LogP contribution is -2.27. The molecule has 0 aliphatic carbocycles. The van der Waals surface area contributed by atoms with Gasteiger partial charge in [-0.2, -0.15) is 0 Å². The van der Waals surface area contributed by atoms with Crippen molar-refractivity contribution in [1.82, 2.24) is 5.32 Å². The van der Waals surface area contributed by atoms with E-state index in [9.17, 15) is 9.59 Å². The summed E-state index contributed by atoms with van der Waals surface area (Å²) < 4.78 is 0. The van der Waals surface area contributed by atoms with Gasteiger partial charge >= 0.3 is 5.97 Å². The van der Waals surface area contributed by atoms with Crippen molar-refractivity contribution in [2.45, 2.75) is 19.8 Å². The molecule has 1 amide bonds. The molecule has 0 radical (unpaired) electrons. The first-order chi connectivity index (χ1) is 6.66. The van der Waals surface area contributed by atoms with E-state index in [4.69, 9.17) is 5.11 Å². The number of unbranched alkanes of at least 4 members (excludes halogenated alkanes) is 1.